The molecule has 28 heavy (non-hydrogen) atoms. The van der Waals surface area contributed by atoms with Gasteiger partial charge in [0, 0.05) is 17.8 Å². The van der Waals surface area contributed by atoms with Gasteiger partial charge >= 0.3 is 5.82 Å². The summed E-state index contributed by atoms with van der Waals surface area (Å²) in [4.78, 5) is 22.6. The van der Waals surface area contributed by atoms with Crippen molar-refractivity contribution in [3.8, 4) is 5.69 Å². The van der Waals surface area contributed by atoms with Crippen LogP contribution in [0.25, 0.3) is 5.69 Å². The number of nitro groups is 1. The zero-order valence-corrected chi connectivity index (χ0v) is 16.4. The molecule has 0 bridgehead atoms. The molecule has 0 fully saturated rings. The second-order valence-corrected chi connectivity index (χ2v) is 6.69. The number of carbonyl (C=O) groups is 1. The molecule has 3 rings (SSSR count). The number of benzene rings is 1. The molecule has 2 heterocycles. The third kappa shape index (κ3) is 3.74. The van der Waals surface area contributed by atoms with Crippen LogP contribution in [0.15, 0.2) is 30.3 Å². The first kappa shape index (κ1) is 19.6. The van der Waals surface area contributed by atoms with E-state index < -0.39 is 10.7 Å². The average molecular weight is 403 g/mol. The van der Waals surface area contributed by atoms with E-state index in [1.165, 1.54) is 4.68 Å². The van der Waals surface area contributed by atoms with Crippen LogP contribution in [0.2, 0.25) is 5.02 Å². The van der Waals surface area contributed by atoms with E-state index in [0.29, 0.717) is 12.2 Å². The summed E-state index contributed by atoms with van der Waals surface area (Å²) in [6.07, 6.45) is 0. The van der Waals surface area contributed by atoms with Gasteiger partial charge in [-0.05, 0) is 37.8 Å². The molecule has 0 atom stereocenters. The zero-order valence-electron chi connectivity index (χ0n) is 15.6. The van der Waals surface area contributed by atoms with Gasteiger partial charge in [0.25, 0.3) is 0 Å². The second-order valence-electron chi connectivity index (χ2n) is 6.31. The molecule has 2 aromatic heterocycles. The standard InChI is InChI=1S/C18H19ClN6O3/c1-11-15(12(2)24(21-11)14-7-5-4-6-8-14)9-20-16(26)10-23-13(3)17(19)18(22-23)25(27)28/h4-8H,9-10H2,1-3H3,(H,20,26). The molecule has 0 saturated heterocycles. The Bertz CT molecular complexity index is 1040. The molecule has 0 aliphatic rings. The molecule has 1 N–H and O–H groups in total. The van der Waals surface area contributed by atoms with Crippen LogP contribution in [-0.4, -0.2) is 30.4 Å². The zero-order chi connectivity index (χ0) is 20.4. The lowest BCUT2D eigenvalue weighted by molar-refractivity contribution is -0.389. The first-order chi connectivity index (χ1) is 13.3. The quantitative estimate of drug-likeness (QED) is 0.503. The topological polar surface area (TPSA) is 108 Å². The van der Waals surface area contributed by atoms with Crippen LogP contribution in [0.5, 0.6) is 0 Å². The lowest BCUT2D eigenvalue weighted by Crippen LogP contribution is -2.28. The number of para-hydroxylation sites is 1. The van der Waals surface area contributed by atoms with Gasteiger partial charge < -0.3 is 15.4 Å². The predicted molar refractivity (Wildman–Crippen MR) is 104 cm³/mol. The van der Waals surface area contributed by atoms with Crippen LogP contribution >= 0.6 is 11.6 Å². The Hall–Kier alpha value is -3.20. The van der Waals surface area contributed by atoms with E-state index in [0.717, 1.165) is 22.6 Å². The Morgan fingerprint density at radius 1 is 1.18 bits per heavy atom. The number of carbonyl (C=O) groups excluding carboxylic acids is 1. The molecule has 1 amide bonds. The number of aryl methyl sites for hydroxylation is 1. The van der Waals surface area contributed by atoms with Crippen molar-refractivity contribution in [3.05, 3.63) is 68.1 Å². The van der Waals surface area contributed by atoms with Gasteiger partial charge in [-0.15, -0.1) is 0 Å². The van der Waals surface area contributed by atoms with Crippen LogP contribution in [0, 0.1) is 30.9 Å². The smallest absolute Gasteiger partial charge is 0.358 e. The van der Waals surface area contributed by atoms with Crippen LogP contribution in [-0.2, 0) is 17.9 Å². The molecule has 0 radical (unpaired) electrons. The van der Waals surface area contributed by atoms with Crippen LogP contribution < -0.4 is 5.32 Å². The largest absolute Gasteiger partial charge is 0.408 e. The van der Waals surface area contributed by atoms with Gasteiger partial charge in [0.1, 0.15) is 6.54 Å². The highest BCUT2D eigenvalue weighted by molar-refractivity contribution is 6.33. The Balaban J connectivity index is 1.71. The summed E-state index contributed by atoms with van der Waals surface area (Å²) in [6, 6.07) is 9.72. The number of hydrogen-bond donors (Lipinski definition) is 1. The predicted octanol–water partition coefficient (Wildman–Crippen LogP) is 2.87. The summed E-state index contributed by atoms with van der Waals surface area (Å²) in [5, 5.41) is 22.0. The molecule has 10 heteroatoms. The van der Waals surface area contributed by atoms with Gasteiger partial charge in [-0.3, -0.25) is 4.79 Å². The van der Waals surface area contributed by atoms with Crippen molar-refractivity contribution in [2.75, 3.05) is 0 Å². The molecule has 3 aromatic rings. The first-order valence-electron chi connectivity index (χ1n) is 8.54. The highest BCUT2D eigenvalue weighted by Crippen LogP contribution is 2.26. The third-order valence-electron chi connectivity index (χ3n) is 4.49. The number of halogens is 1. The minimum absolute atomic E-state index is 0.0615. The van der Waals surface area contributed by atoms with Crippen LogP contribution in [0.3, 0.4) is 0 Å². The van der Waals surface area contributed by atoms with Gasteiger partial charge in [0.2, 0.25) is 5.91 Å². The molecule has 0 saturated carbocycles. The van der Waals surface area contributed by atoms with E-state index in [4.69, 9.17) is 11.6 Å². The molecular weight excluding hydrogens is 384 g/mol. The number of nitrogens with zero attached hydrogens (tertiary/aromatic N) is 5. The summed E-state index contributed by atoms with van der Waals surface area (Å²) in [7, 11) is 0. The van der Waals surface area contributed by atoms with Gasteiger partial charge in [-0.1, -0.05) is 29.8 Å². The molecule has 0 aliphatic carbocycles. The Labute approximate surface area is 166 Å². The van der Waals surface area contributed by atoms with Crippen molar-refractivity contribution in [2.24, 2.45) is 0 Å². The fourth-order valence-corrected chi connectivity index (χ4v) is 3.11. The Morgan fingerprint density at radius 2 is 1.86 bits per heavy atom. The van der Waals surface area contributed by atoms with Gasteiger partial charge in [0.15, 0.2) is 5.02 Å². The summed E-state index contributed by atoms with van der Waals surface area (Å²) in [6.45, 7) is 5.53. The molecule has 0 aliphatic heterocycles. The number of aromatic nitrogens is 4. The van der Waals surface area contributed by atoms with E-state index >= 15 is 0 Å². The number of amides is 1. The number of nitrogens with one attached hydrogen (secondary N) is 1. The fraction of sp³-hybridized carbons (Fsp3) is 0.278. The third-order valence-corrected chi connectivity index (χ3v) is 4.93. The molecule has 0 spiro atoms. The maximum absolute atomic E-state index is 12.3. The molecule has 0 unspecified atom stereocenters. The second kappa shape index (κ2) is 7.81. The van der Waals surface area contributed by atoms with Crippen molar-refractivity contribution in [3.63, 3.8) is 0 Å². The van der Waals surface area contributed by atoms with E-state index in [9.17, 15) is 14.9 Å². The highest BCUT2D eigenvalue weighted by atomic mass is 35.5. The van der Waals surface area contributed by atoms with Crippen molar-refractivity contribution in [1.82, 2.24) is 24.9 Å². The van der Waals surface area contributed by atoms with Gasteiger partial charge in [-0.25, -0.2) is 4.68 Å². The fourth-order valence-electron chi connectivity index (χ4n) is 2.91. The van der Waals surface area contributed by atoms with Crippen molar-refractivity contribution < 1.29 is 9.72 Å². The molecular formula is C18H19ClN6O3. The summed E-state index contributed by atoms with van der Waals surface area (Å²) >= 11 is 5.90. The maximum atomic E-state index is 12.3. The minimum Gasteiger partial charge on any atom is -0.358 e. The monoisotopic (exact) mass is 402 g/mol. The number of hydrogen-bond acceptors (Lipinski definition) is 5. The van der Waals surface area contributed by atoms with Crippen molar-refractivity contribution >= 4 is 23.3 Å². The van der Waals surface area contributed by atoms with Crippen molar-refractivity contribution in [2.45, 2.75) is 33.9 Å². The Kier molecular flexibility index (Phi) is 5.46. The van der Waals surface area contributed by atoms with Crippen LogP contribution in [0.1, 0.15) is 22.6 Å². The maximum Gasteiger partial charge on any atom is 0.408 e. The van der Waals surface area contributed by atoms with Gasteiger partial charge in [0.05, 0.1) is 22.2 Å². The highest BCUT2D eigenvalue weighted by Gasteiger charge is 2.25. The summed E-state index contributed by atoms with van der Waals surface area (Å²) in [5.41, 5.74) is 3.97. The lowest BCUT2D eigenvalue weighted by Gasteiger charge is -2.07. The molecule has 1 aromatic carbocycles. The summed E-state index contributed by atoms with van der Waals surface area (Å²) in [5.74, 6) is -0.786. The van der Waals surface area contributed by atoms with E-state index in [1.807, 2.05) is 48.9 Å². The Morgan fingerprint density at radius 3 is 2.46 bits per heavy atom. The van der Waals surface area contributed by atoms with Crippen molar-refractivity contribution in [1.29, 1.82) is 0 Å². The first-order valence-corrected chi connectivity index (χ1v) is 8.92. The lowest BCUT2D eigenvalue weighted by atomic mass is 10.2. The van der Waals surface area contributed by atoms with E-state index in [-0.39, 0.29) is 17.5 Å². The van der Waals surface area contributed by atoms with Crippen LogP contribution in [0.4, 0.5) is 5.82 Å². The molecule has 146 valence electrons. The average Bonchev–Trinajstić information content (AvgIpc) is 3.11. The minimum atomic E-state index is -0.672. The van der Waals surface area contributed by atoms with E-state index in [1.54, 1.807) is 6.92 Å². The van der Waals surface area contributed by atoms with E-state index in [2.05, 4.69) is 15.5 Å². The SMILES string of the molecule is Cc1nn(-c2ccccc2)c(C)c1CNC(=O)Cn1nc([N+](=O)[O-])c(Cl)c1C. The molecule has 9 nitrogen and oxygen atoms in total. The van der Waals surface area contributed by atoms with Gasteiger partial charge in [-0.2, -0.15) is 9.78 Å². The normalized spacial score (nSPS) is 10.9. The number of rotatable bonds is 6. The summed E-state index contributed by atoms with van der Waals surface area (Å²) < 4.78 is 3.06.